The minimum absolute atomic E-state index is 0. The van der Waals surface area contributed by atoms with Crippen LogP contribution in [0, 0.1) is 0 Å². The Bertz CT molecular complexity index is 301. The first-order chi connectivity index (χ1) is 5.79. The molecule has 0 aromatic heterocycles. The molecule has 0 aliphatic heterocycles. The van der Waals surface area contributed by atoms with Crippen LogP contribution in [0.3, 0.4) is 0 Å². The van der Waals surface area contributed by atoms with Crippen molar-refractivity contribution in [3.63, 3.8) is 0 Å². The molecule has 1 amide bonds. The third-order valence-corrected chi connectivity index (χ3v) is 3.03. The van der Waals surface area contributed by atoms with Gasteiger partial charge in [-0.25, -0.2) is 8.42 Å². The molecule has 0 bridgehead atoms. The van der Waals surface area contributed by atoms with Gasteiger partial charge in [-0.2, -0.15) is 0 Å². The van der Waals surface area contributed by atoms with E-state index in [1.54, 1.807) is 0 Å². The molecule has 0 aromatic rings. The summed E-state index contributed by atoms with van der Waals surface area (Å²) in [6, 6.07) is -0.715. The van der Waals surface area contributed by atoms with Gasteiger partial charge >= 0.3 is 51.4 Å². The Morgan fingerprint density at radius 3 is 2.21 bits per heavy atom. The van der Waals surface area contributed by atoms with Crippen molar-refractivity contribution in [3.05, 3.63) is 12.7 Å². The average Bonchev–Trinajstić information content (AvgIpc) is 2.01. The number of rotatable bonds is 4. The third kappa shape index (κ3) is 6.28. The van der Waals surface area contributed by atoms with Gasteiger partial charge in [0.1, 0.15) is 0 Å². The number of hydrogen-bond donors (Lipinski definition) is 1. The molecular formula is C7H12KNO4S. The fourth-order valence-corrected chi connectivity index (χ4v) is 1.22. The molecule has 0 saturated carbocycles. The van der Waals surface area contributed by atoms with Gasteiger partial charge < -0.3 is 9.87 Å². The molecule has 5 nitrogen and oxygen atoms in total. The Hall–Kier alpha value is 0.756. The topological polar surface area (TPSA) is 86.3 Å². The van der Waals surface area contributed by atoms with E-state index in [4.69, 9.17) is 0 Å². The first kappa shape index (κ1) is 17.2. The Kier molecular flexibility index (Phi) is 8.70. The normalized spacial score (nSPS) is 14.8. The maximum absolute atomic E-state index is 10.7. The summed E-state index contributed by atoms with van der Waals surface area (Å²) in [5.74, 6) is -0.497. The monoisotopic (exact) mass is 245 g/mol. The summed E-state index contributed by atoms with van der Waals surface area (Å²) in [5.41, 5.74) is 0. The van der Waals surface area contributed by atoms with Crippen molar-refractivity contribution in [2.75, 3.05) is 0 Å². The molecule has 76 valence electrons. The van der Waals surface area contributed by atoms with E-state index in [-0.39, 0.29) is 51.4 Å². The van der Waals surface area contributed by atoms with Crippen molar-refractivity contribution in [2.24, 2.45) is 0 Å². The number of amides is 1. The maximum atomic E-state index is 10.7. The minimum atomic E-state index is -4.35. The molecule has 1 N–H and O–H groups in total. The van der Waals surface area contributed by atoms with Gasteiger partial charge in [0.15, 0.2) is 0 Å². The van der Waals surface area contributed by atoms with Gasteiger partial charge in [0.2, 0.25) is 5.91 Å². The standard InChI is InChI=1S/C7H13NO4S.K/c1-4-7(9)8-5(2)6(3)13(10,11)12;/h4-6H,1H2,2-3H3,(H,8,9)(H,10,11,12);/q;+1/p-1. The zero-order chi connectivity index (χ0) is 10.6. The molecule has 0 fully saturated rings. The molecule has 14 heavy (non-hydrogen) atoms. The van der Waals surface area contributed by atoms with Crippen molar-refractivity contribution >= 4 is 16.0 Å². The van der Waals surface area contributed by atoms with Crippen molar-refractivity contribution < 1.29 is 69.1 Å². The molecule has 7 heteroatoms. The molecule has 0 saturated heterocycles. The van der Waals surface area contributed by atoms with Crippen LogP contribution in [0.4, 0.5) is 0 Å². The molecule has 0 radical (unpaired) electrons. The quantitative estimate of drug-likeness (QED) is 0.318. The maximum Gasteiger partial charge on any atom is 1.00 e. The van der Waals surface area contributed by atoms with Crippen LogP contribution < -0.4 is 56.7 Å². The van der Waals surface area contributed by atoms with E-state index in [9.17, 15) is 17.8 Å². The van der Waals surface area contributed by atoms with Crippen LogP contribution in [0.2, 0.25) is 0 Å². The van der Waals surface area contributed by atoms with Crippen LogP contribution in [-0.2, 0) is 14.9 Å². The van der Waals surface area contributed by atoms with Crippen molar-refractivity contribution in [1.29, 1.82) is 0 Å². The van der Waals surface area contributed by atoms with Gasteiger partial charge in [-0.1, -0.05) is 6.58 Å². The molecule has 0 heterocycles. The first-order valence-corrected chi connectivity index (χ1v) is 5.13. The van der Waals surface area contributed by atoms with Crippen molar-refractivity contribution in [2.45, 2.75) is 25.1 Å². The van der Waals surface area contributed by atoms with Gasteiger partial charge in [-0.05, 0) is 19.9 Å². The van der Waals surface area contributed by atoms with Crippen molar-refractivity contribution in [3.8, 4) is 0 Å². The summed E-state index contributed by atoms with van der Waals surface area (Å²) in [5, 5.41) is 1.16. The van der Waals surface area contributed by atoms with Gasteiger partial charge in [-0.3, -0.25) is 4.79 Å². The van der Waals surface area contributed by atoms with Crippen LogP contribution in [0.1, 0.15) is 13.8 Å². The minimum Gasteiger partial charge on any atom is -0.748 e. The predicted molar refractivity (Wildman–Crippen MR) is 47.0 cm³/mol. The van der Waals surface area contributed by atoms with Gasteiger partial charge in [0, 0.05) is 6.04 Å². The molecule has 0 aromatic carbocycles. The molecule has 2 atom stereocenters. The van der Waals surface area contributed by atoms with Crippen LogP contribution in [0.5, 0.6) is 0 Å². The Balaban J connectivity index is 0. The molecule has 0 aliphatic carbocycles. The fraction of sp³-hybridized carbons (Fsp3) is 0.571. The fourth-order valence-electron chi connectivity index (χ4n) is 0.651. The van der Waals surface area contributed by atoms with Gasteiger partial charge in [0.25, 0.3) is 0 Å². The Morgan fingerprint density at radius 2 is 1.93 bits per heavy atom. The predicted octanol–water partition coefficient (Wildman–Crippen LogP) is -3.39. The van der Waals surface area contributed by atoms with E-state index >= 15 is 0 Å². The van der Waals surface area contributed by atoms with E-state index in [1.165, 1.54) is 13.8 Å². The molecule has 0 spiro atoms. The van der Waals surface area contributed by atoms with E-state index < -0.39 is 27.3 Å². The van der Waals surface area contributed by atoms with Crippen molar-refractivity contribution in [1.82, 2.24) is 5.32 Å². The number of carbonyl (C=O) groups excluding carboxylic acids is 1. The SMILES string of the molecule is C=CC(=O)NC(C)C(C)S(=O)(=O)[O-].[K+]. The zero-order valence-electron chi connectivity index (χ0n) is 8.48. The van der Waals surface area contributed by atoms with E-state index in [2.05, 4.69) is 11.9 Å². The first-order valence-electron chi connectivity index (χ1n) is 3.66. The number of carbonyl (C=O) groups is 1. The van der Waals surface area contributed by atoms with Crippen LogP contribution in [-0.4, -0.2) is 30.2 Å². The van der Waals surface area contributed by atoms with Crippen LogP contribution in [0.25, 0.3) is 0 Å². The smallest absolute Gasteiger partial charge is 0.748 e. The Labute approximate surface area is 127 Å². The van der Waals surface area contributed by atoms with Gasteiger partial charge in [-0.15, -0.1) is 0 Å². The van der Waals surface area contributed by atoms with E-state index in [0.717, 1.165) is 6.08 Å². The zero-order valence-corrected chi connectivity index (χ0v) is 12.4. The second-order valence-electron chi connectivity index (χ2n) is 2.70. The van der Waals surface area contributed by atoms with E-state index in [1.807, 2.05) is 0 Å². The summed E-state index contributed by atoms with van der Waals surface area (Å²) in [6.07, 6.45) is 1.01. The summed E-state index contributed by atoms with van der Waals surface area (Å²) >= 11 is 0. The summed E-state index contributed by atoms with van der Waals surface area (Å²) < 4.78 is 31.5. The summed E-state index contributed by atoms with van der Waals surface area (Å²) in [4.78, 5) is 10.7. The number of nitrogens with one attached hydrogen (secondary N) is 1. The summed E-state index contributed by atoms with van der Waals surface area (Å²) in [7, 11) is -4.35. The molecule has 0 aliphatic rings. The largest absolute Gasteiger partial charge is 1.00 e. The van der Waals surface area contributed by atoms with Crippen LogP contribution >= 0.6 is 0 Å². The molecular weight excluding hydrogens is 233 g/mol. The van der Waals surface area contributed by atoms with Gasteiger partial charge in [0.05, 0.1) is 15.4 Å². The second kappa shape index (κ2) is 7.10. The molecule has 2 unspecified atom stereocenters. The van der Waals surface area contributed by atoms with Crippen LogP contribution in [0.15, 0.2) is 12.7 Å². The Morgan fingerprint density at radius 1 is 1.50 bits per heavy atom. The molecule has 0 rings (SSSR count). The second-order valence-corrected chi connectivity index (χ2v) is 4.43. The number of hydrogen-bond acceptors (Lipinski definition) is 4. The average molecular weight is 245 g/mol. The summed E-state index contributed by atoms with van der Waals surface area (Å²) in [6.45, 7) is 5.89. The van der Waals surface area contributed by atoms with E-state index in [0.29, 0.717) is 0 Å². The third-order valence-electron chi connectivity index (χ3n) is 1.71.